The highest BCUT2D eigenvalue weighted by Gasteiger charge is 2.44. The summed E-state index contributed by atoms with van der Waals surface area (Å²) in [4.78, 5) is 31.8. The van der Waals surface area contributed by atoms with Gasteiger partial charge >= 0.3 is 0 Å². The normalized spacial score (nSPS) is 23.0. The second-order valence-corrected chi connectivity index (χ2v) is 5.93. The van der Waals surface area contributed by atoms with Gasteiger partial charge in [-0.3, -0.25) is 9.59 Å². The van der Waals surface area contributed by atoms with E-state index in [1.807, 2.05) is 16.8 Å². The molecule has 2 aliphatic rings. The number of hydrogen-bond acceptors (Lipinski definition) is 3. The molecule has 0 N–H and O–H groups in total. The van der Waals surface area contributed by atoms with E-state index in [9.17, 15) is 14.0 Å². The molecule has 2 aromatic heterocycles. The van der Waals surface area contributed by atoms with Crippen molar-refractivity contribution in [2.75, 3.05) is 20.1 Å². The first-order valence-corrected chi connectivity index (χ1v) is 7.41. The highest BCUT2D eigenvalue weighted by Crippen LogP contribution is 2.33. The number of fused-ring (bicyclic) bond motifs is 3. The van der Waals surface area contributed by atoms with Crippen molar-refractivity contribution in [3.05, 3.63) is 53.9 Å². The van der Waals surface area contributed by atoms with Gasteiger partial charge in [0, 0.05) is 44.2 Å². The van der Waals surface area contributed by atoms with Crippen LogP contribution < -0.4 is 0 Å². The third-order valence-corrected chi connectivity index (χ3v) is 4.69. The van der Waals surface area contributed by atoms with E-state index in [2.05, 4.69) is 4.98 Å². The van der Waals surface area contributed by atoms with Crippen LogP contribution in [0.3, 0.4) is 0 Å². The molecule has 2 unspecified atom stereocenters. The Morgan fingerprint density at radius 1 is 1.30 bits per heavy atom. The highest BCUT2D eigenvalue weighted by molar-refractivity contribution is 5.96. The molecule has 4 rings (SSSR count). The Morgan fingerprint density at radius 2 is 2.09 bits per heavy atom. The molecule has 0 aliphatic carbocycles. The topological polar surface area (TPSA) is 58.4 Å². The van der Waals surface area contributed by atoms with Gasteiger partial charge in [-0.05, 0) is 18.2 Å². The molecule has 2 aliphatic heterocycles. The number of aromatic nitrogens is 2. The molecule has 1 fully saturated rings. The van der Waals surface area contributed by atoms with Crippen LogP contribution in [-0.2, 0) is 0 Å². The zero-order valence-electron chi connectivity index (χ0n) is 12.5. The van der Waals surface area contributed by atoms with E-state index in [1.165, 1.54) is 12.3 Å². The number of hydrogen-bond donors (Lipinski definition) is 0. The maximum absolute atomic E-state index is 13.2. The number of rotatable bonds is 1. The summed E-state index contributed by atoms with van der Waals surface area (Å²) in [6.07, 6.45) is 3.16. The molecule has 6 nitrogen and oxygen atoms in total. The Bertz CT molecular complexity index is 803. The van der Waals surface area contributed by atoms with Crippen molar-refractivity contribution in [3.63, 3.8) is 0 Å². The molecule has 4 heterocycles. The van der Waals surface area contributed by atoms with Crippen molar-refractivity contribution in [1.29, 1.82) is 0 Å². The van der Waals surface area contributed by atoms with Crippen molar-refractivity contribution in [3.8, 4) is 0 Å². The lowest BCUT2D eigenvalue weighted by Gasteiger charge is -2.35. The average Bonchev–Trinajstić information content (AvgIpc) is 3.18. The first kappa shape index (κ1) is 13.9. The Balaban J connectivity index is 1.64. The van der Waals surface area contributed by atoms with Gasteiger partial charge in [-0.15, -0.1) is 0 Å². The van der Waals surface area contributed by atoms with Crippen molar-refractivity contribution < 1.29 is 14.0 Å². The summed E-state index contributed by atoms with van der Waals surface area (Å²) in [5.41, 5.74) is 0.913. The average molecular weight is 314 g/mol. The first-order chi connectivity index (χ1) is 11.1. The van der Waals surface area contributed by atoms with Gasteiger partial charge in [-0.1, -0.05) is 0 Å². The third-order valence-electron chi connectivity index (χ3n) is 4.69. The van der Waals surface area contributed by atoms with E-state index < -0.39 is 5.95 Å². The fourth-order valence-corrected chi connectivity index (χ4v) is 3.50. The van der Waals surface area contributed by atoms with Crippen LogP contribution in [0.4, 0.5) is 4.39 Å². The molecule has 7 heteroatoms. The number of carbonyl (C=O) groups excluding carboxylic acids is 2. The highest BCUT2D eigenvalue weighted by atomic mass is 19.1. The van der Waals surface area contributed by atoms with Crippen LogP contribution in [0.25, 0.3) is 0 Å². The molecule has 2 amide bonds. The zero-order chi connectivity index (χ0) is 16.1. The Hall–Kier alpha value is -2.70. The zero-order valence-corrected chi connectivity index (χ0v) is 12.5. The lowest BCUT2D eigenvalue weighted by molar-refractivity contribution is 0.0634. The number of likely N-dealkylation sites (tertiary alicyclic amines) is 1. The standard InChI is InChI=1S/C16H15FN4O2/c1-19-12-8-20(15(22)10-4-5-18-14(17)7-10)9-13(12)21-6-2-3-11(21)16(19)23/h2-7,12-13H,8-9H2,1H3. The summed E-state index contributed by atoms with van der Waals surface area (Å²) in [5, 5.41) is 0. The molecule has 0 aromatic carbocycles. The van der Waals surface area contributed by atoms with Crippen LogP contribution in [0.15, 0.2) is 36.7 Å². The largest absolute Gasteiger partial charge is 0.337 e. The van der Waals surface area contributed by atoms with E-state index in [4.69, 9.17) is 0 Å². The van der Waals surface area contributed by atoms with Crippen LogP contribution in [-0.4, -0.2) is 57.3 Å². The first-order valence-electron chi connectivity index (χ1n) is 7.41. The van der Waals surface area contributed by atoms with Gasteiger partial charge in [0.05, 0.1) is 12.1 Å². The SMILES string of the molecule is CN1C(=O)c2cccn2C2CN(C(=O)c3ccnc(F)c3)CC21. The molecule has 0 saturated carbocycles. The summed E-state index contributed by atoms with van der Waals surface area (Å²) >= 11 is 0. The molecule has 23 heavy (non-hydrogen) atoms. The summed E-state index contributed by atoms with van der Waals surface area (Å²) in [5.74, 6) is -0.955. The number of nitrogens with zero attached hydrogens (tertiary/aromatic N) is 4. The Morgan fingerprint density at radius 3 is 2.87 bits per heavy atom. The van der Waals surface area contributed by atoms with E-state index in [1.54, 1.807) is 22.9 Å². The lowest BCUT2D eigenvalue weighted by atomic mass is 10.1. The second kappa shape index (κ2) is 4.91. The predicted octanol–water partition coefficient (Wildman–Crippen LogP) is 1.17. The van der Waals surface area contributed by atoms with Crippen LogP contribution >= 0.6 is 0 Å². The second-order valence-electron chi connectivity index (χ2n) is 5.93. The van der Waals surface area contributed by atoms with E-state index in [0.717, 1.165) is 6.07 Å². The van der Waals surface area contributed by atoms with Gasteiger partial charge in [0.2, 0.25) is 5.95 Å². The van der Waals surface area contributed by atoms with Crippen LogP contribution in [0.2, 0.25) is 0 Å². The van der Waals surface area contributed by atoms with Crippen LogP contribution in [0.1, 0.15) is 26.9 Å². The minimum Gasteiger partial charge on any atom is -0.337 e. The molecule has 2 aromatic rings. The molecular formula is C16H15FN4O2. The predicted molar refractivity (Wildman–Crippen MR) is 79.4 cm³/mol. The fraction of sp³-hybridized carbons (Fsp3) is 0.312. The summed E-state index contributed by atoms with van der Waals surface area (Å²) in [6, 6.07) is 6.23. The minimum absolute atomic E-state index is 0.0262. The maximum atomic E-state index is 13.2. The van der Waals surface area contributed by atoms with Crippen molar-refractivity contribution in [1.82, 2.24) is 19.4 Å². The minimum atomic E-state index is -0.674. The Labute approximate surface area is 132 Å². The summed E-state index contributed by atoms with van der Waals surface area (Å²) in [6.45, 7) is 0.931. The Kier molecular flexibility index (Phi) is 2.97. The molecule has 0 radical (unpaired) electrons. The number of pyridine rings is 1. The molecule has 0 spiro atoms. The van der Waals surface area contributed by atoms with Gasteiger partial charge in [0.1, 0.15) is 5.69 Å². The summed E-state index contributed by atoms with van der Waals surface area (Å²) in [7, 11) is 1.76. The van der Waals surface area contributed by atoms with E-state index >= 15 is 0 Å². The van der Waals surface area contributed by atoms with E-state index in [-0.39, 0.29) is 29.5 Å². The van der Waals surface area contributed by atoms with Crippen molar-refractivity contribution in [2.24, 2.45) is 0 Å². The number of carbonyl (C=O) groups is 2. The van der Waals surface area contributed by atoms with E-state index in [0.29, 0.717) is 18.8 Å². The number of halogens is 1. The summed E-state index contributed by atoms with van der Waals surface area (Å²) < 4.78 is 15.2. The number of likely N-dealkylation sites (N-methyl/N-ethyl adjacent to an activating group) is 1. The molecule has 1 saturated heterocycles. The van der Waals surface area contributed by atoms with Gasteiger partial charge in [0.25, 0.3) is 11.8 Å². The monoisotopic (exact) mass is 314 g/mol. The molecule has 0 bridgehead atoms. The van der Waals surface area contributed by atoms with Gasteiger partial charge in [0.15, 0.2) is 0 Å². The van der Waals surface area contributed by atoms with Gasteiger partial charge < -0.3 is 14.4 Å². The smallest absolute Gasteiger partial charge is 0.270 e. The lowest BCUT2D eigenvalue weighted by Crippen LogP contribution is -2.48. The quantitative estimate of drug-likeness (QED) is 0.743. The van der Waals surface area contributed by atoms with Crippen LogP contribution in [0, 0.1) is 5.95 Å². The van der Waals surface area contributed by atoms with Crippen molar-refractivity contribution in [2.45, 2.75) is 12.1 Å². The molecule has 2 atom stereocenters. The molecule has 118 valence electrons. The molecular weight excluding hydrogens is 299 g/mol. The number of amides is 2. The maximum Gasteiger partial charge on any atom is 0.270 e. The van der Waals surface area contributed by atoms with Crippen LogP contribution in [0.5, 0.6) is 0 Å². The third kappa shape index (κ3) is 2.03. The van der Waals surface area contributed by atoms with Gasteiger partial charge in [-0.25, -0.2) is 4.98 Å². The van der Waals surface area contributed by atoms with Crippen molar-refractivity contribution >= 4 is 11.8 Å². The van der Waals surface area contributed by atoms with Gasteiger partial charge in [-0.2, -0.15) is 4.39 Å². The fourth-order valence-electron chi connectivity index (χ4n) is 3.50.